The fourth-order valence-corrected chi connectivity index (χ4v) is 3.59. The Morgan fingerprint density at radius 3 is 2.54 bits per heavy atom. The van der Waals surface area contributed by atoms with Gasteiger partial charge in [0.2, 0.25) is 0 Å². The lowest BCUT2D eigenvalue weighted by Crippen LogP contribution is -2.44. The molecule has 0 spiro atoms. The number of alkyl halides is 2. The summed E-state index contributed by atoms with van der Waals surface area (Å²) in [5.74, 6) is 0. The van der Waals surface area contributed by atoms with Crippen LogP contribution in [0.1, 0.15) is 29.3 Å². The molecule has 5 heteroatoms. The quantitative estimate of drug-likeness (QED) is 0.681. The average molecular weight is 379 g/mol. The van der Waals surface area contributed by atoms with Gasteiger partial charge < -0.3 is 9.80 Å². The molecule has 2 aromatic rings. The van der Waals surface area contributed by atoms with Crippen LogP contribution in [0.5, 0.6) is 0 Å². The average Bonchev–Trinajstić information content (AvgIpc) is 2.67. The highest BCUT2D eigenvalue weighted by atomic mass is 35.5. The predicted molar refractivity (Wildman–Crippen MR) is 105 cm³/mol. The second kappa shape index (κ2) is 8.83. The Labute approximate surface area is 159 Å². The Bertz CT molecular complexity index is 730. The second-order valence-corrected chi connectivity index (χ2v) is 7.37. The zero-order chi connectivity index (χ0) is 18.5. The second-order valence-electron chi connectivity index (χ2n) is 6.94. The number of anilines is 1. The molecule has 0 unspecified atom stereocenters. The smallest absolute Gasteiger partial charge is 0.126 e. The van der Waals surface area contributed by atoms with Crippen LogP contribution in [0.4, 0.5) is 14.5 Å². The summed E-state index contributed by atoms with van der Waals surface area (Å²) < 4.78 is 27.9. The molecule has 0 saturated carbocycles. The highest BCUT2D eigenvalue weighted by Gasteiger charge is 2.17. The SMILES string of the molecule is CN1CCN(c2cccc([C@@H](F)CCc3ccc(Cl)cc3CF)c2)CC1. The maximum atomic E-state index is 14.8. The van der Waals surface area contributed by atoms with E-state index in [1.54, 1.807) is 18.2 Å². The van der Waals surface area contributed by atoms with Crippen LogP contribution in [-0.2, 0) is 13.1 Å². The molecule has 0 amide bonds. The zero-order valence-electron chi connectivity index (χ0n) is 15.1. The summed E-state index contributed by atoms with van der Waals surface area (Å²) in [4.78, 5) is 4.60. The van der Waals surface area contributed by atoms with Crippen molar-refractivity contribution >= 4 is 17.3 Å². The first-order valence-corrected chi connectivity index (χ1v) is 9.45. The Morgan fingerprint density at radius 1 is 1.04 bits per heavy atom. The molecule has 0 aliphatic carbocycles. The number of likely N-dealkylation sites (N-methyl/N-ethyl adjacent to an activating group) is 1. The number of hydrogen-bond acceptors (Lipinski definition) is 2. The largest absolute Gasteiger partial charge is 0.369 e. The lowest BCUT2D eigenvalue weighted by molar-refractivity contribution is 0.312. The van der Waals surface area contributed by atoms with Crippen LogP contribution in [0.15, 0.2) is 42.5 Å². The fraction of sp³-hybridized carbons (Fsp3) is 0.429. The first kappa shape index (κ1) is 19.1. The first-order chi connectivity index (χ1) is 12.6. The molecule has 1 heterocycles. The van der Waals surface area contributed by atoms with E-state index in [0.29, 0.717) is 29.0 Å². The minimum Gasteiger partial charge on any atom is -0.369 e. The van der Waals surface area contributed by atoms with Gasteiger partial charge in [-0.15, -0.1) is 0 Å². The molecule has 0 bridgehead atoms. The van der Waals surface area contributed by atoms with Gasteiger partial charge in [-0.1, -0.05) is 29.8 Å². The van der Waals surface area contributed by atoms with Crippen LogP contribution in [0.3, 0.4) is 0 Å². The van der Waals surface area contributed by atoms with E-state index in [1.807, 2.05) is 24.3 Å². The van der Waals surface area contributed by atoms with Gasteiger partial charge in [0.15, 0.2) is 0 Å². The standard InChI is InChI=1S/C21H25ClF2N2/c1-25-9-11-26(12-10-25)20-4-2-3-17(14-20)21(24)8-6-16-5-7-19(22)13-18(16)15-23/h2-5,7,13-14,21H,6,8-12,15H2,1H3/t21-/m0/s1. The summed E-state index contributed by atoms with van der Waals surface area (Å²) in [6, 6.07) is 12.9. The van der Waals surface area contributed by atoms with Crippen LogP contribution in [0.25, 0.3) is 0 Å². The van der Waals surface area contributed by atoms with Crippen LogP contribution < -0.4 is 4.90 Å². The molecule has 140 valence electrons. The Morgan fingerprint density at radius 2 is 1.81 bits per heavy atom. The van der Waals surface area contributed by atoms with Gasteiger partial charge in [-0.25, -0.2) is 8.78 Å². The van der Waals surface area contributed by atoms with Crippen LogP contribution >= 0.6 is 11.6 Å². The maximum absolute atomic E-state index is 14.8. The van der Waals surface area contributed by atoms with Crippen molar-refractivity contribution in [2.45, 2.75) is 25.7 Å². The van der Waals surface area contributed by atoms with Gasteiger partial charge in [-0.2, -0.15) is 0 Å². The van der Waals surface area contributed by atoms with Gasteiger partial charge >= 0.3 is 0 Å². The molecule has 2 aromatic carbocycles. The number of aryl methyl sites for hydroxylation is 1. The van der Waals surface area contributed by atoms with E-state index in [9.17, 15) is 8.78 Å². The third-order valence-electron chi connectivity index (χ3n) is 5.08. The summed E-state index contributed by atoms with van der Waals surface area (Å²) >= 11 is 5.91. The molecule has 0 aromatic heterocycles. The van der Waals surface area contributed by atoms with Crippen molar-refractivity contribution in [3.63, 3.8) is 0 Å². The molecule has 1 atom stereocenters. The fourth-order valence-electron chi connectivity index (χ4n) is 3.39. The molecule has 3 rings (SSSR count). The highest BCUT2D eigenvalue weighted by molar-refractivity contribution is 6.30. The Hall–Kier alpha value is -1.65. The number of piperazine rings is 1. The molecule has 26 heavy (non-hydrogen) atoms. The van der Waals surface area contributed by atoms with Crippen molar-refractivity contribution in [3.05, 3.63) is 64.2 Å². The van der Waals surface area contributed by atoms with Crippen molar-refractivity contribution < 1.29 is 8.78 Å². The molecule has 1 fully saturated rings. The van der Waals surface area contributed by atoms with E-state index in [-0.39, 0.29) is 0 Å². The van der Waals surface area contributed by atoms with Crippen molar-refractivity contribution in [2.24, 2.45) is 0 Å². The summed E-state index contributed by atoms with van der Waals surface area (Å²) in [5.41, 5.74) is 3.15. The Balaban J connectivity index is 1.65. The molecular formula is C21H25ClF2N2. The van der Waals surface area contributed by atoms with Gasteiger partial charge in [-0.05, 0) is 60.8 Å². The number of rotatable bonds is 6. The molecule has 1 aliphatic rings. The monoisotopic (exact) mass is 378 g/mol. The minimum absolute atomic E-state index is 0.334. The van der Waals surface area contributed by atoms with Gasteiger partial charge in [-0.3, -0.25) is 0 Å². The van der Waals surface area contributed by atoms with Crippen molar-refractivity contribution in [2.75, 3.05) is 38.1 Å². The summed E-state index contributed by atoms with van der Waals surface area (Å²) in [6.45, 7) is 3.38. The van der Waals surface area contributed by atoms with Crippen molar-refractivity contribution in [1.82, 2.24) is 4.90 Å². The van der Waals surface area contributed by atoms with Gasteiger partial charge in [0.25, 0.3) is 0 Å². The van der Waals surface area contributed by atoms with E-state index < -0.39 is 12.8 Å². The third-order valence-corrected chi connectivity index (χ3v) is 5.31. The normalized spacial score (nSPS) is 16.7. The van der Waals surface area contributed by atoms with E-state index >= 15 is 0 Å². The third kappa shape index (κ3) is 4.74. The Kier molecular flexibility index (Phi) is 6.49. The lowest BCUT2D eigenvalue weighted by Gasteiger charge is -2.34. The predicted octanol–water partition coefficient (Wildman–Crippen LogP) is 5.20. The number of halogens is 3. The van der Waals surface area contributed by atoms with E-state index in [0.717, 1.165) is 37.4 Å². The van der Waals surface area contributed by atoms with Gasteiger partial charge in [0, 0.05) is 36.9 Å². The number of benzene rings is 2. The van der Waals surface area contributed by atoms with Crippen LogP contribution in [0, 0.1) is 0 Å². The van der Waals surface area contributed by atoms with E-state index in [1.165, 1.54) is 0 Å². The van der Waals surface area contributed by atoms with Crippen molar-refractivity contribution in [3.8, 4) is 0 Å². The van der Waals surface area contributed by atoms with Crippen LogP contribution in [-0.4, -0.2) is 38.1 Å². The molecule has 2 nitrogen and oxygen atoms in total. The molecule has 0 radical (unpaired) electrons. The molecule has 0 N–H and O–H groups in total. The maximum Gasteiger partial charge on any atom is 0.126 e. The van der Waals surface area contributed by atoms with Crippen molar-refractivity contribution in [1.29, 1.82) is 0 Å². The van der Waals surface area contributed by atoms with E-state index in [2.05, 4.69) is 16.8 Å². The van der Waals surface area contributed by atoms with Gasteiger partial charge in [0.1, 0.15) is 12.8 Å². The first-order valence-electron chi connectivity index (χ1n) is 9.07. The molecule has 1 saturated heterocycles. The summed E-state index contributed by atoms with van der Waals surface area (Å²) in [5, 5.41) is 0.512. The zero-order valence-corrected chi connectivity index (χ0v) is 15.9. The van der Waals surface area contributed by atoms with Crippen LogP contribution in [0.2, 0.25) is 5.02 Å². The number of hydrogen-bond donors (Lipinski definition) is 0. The minimum atomic E-state index is -1.06. The summed E-state index contributed by atoms with van der Waals surface area (Å²) in [7, 11) is 2.12. The topological polar surface area (TPSA) is 6.48 Å². The van der Waals surface area contributed by atoms with E-state index in [4.69, 9.17) is 11.6 Å². The highest BCUT2D eigenvalue weighted by Crippen LogP contribution is 2.28. The number of nitrogens with zero attached hydrogens (tertiary/aromatic N) is 2. The summed E-state index contributed by atoms with van der Waals surface area (Å²) in [6.07, 6.45) is -0.234. The molecular weight excluding hydrogens is 354 g/mol. The molecule has 1 aliphatic heterocycles. The lowest BCUT2D eigenvalue weighted by atomic mass is 9.99. The van der Waals surface area contributed by atoms with Gasteiger partial charge in [0.05, 0.1) is 0 Å².